The summed E-state index contributed by atoms with van der Waals surface area (Å²) in [5, 5.41) is 3.38. The first kappa shape index (κ1) is 13.7. The second-order valence-electron chi connectivity index (χ2n) is 4.58. The van der Waals surface area contributed by atoms with E-state index in [4.69, 9.17) is 0 Å². The molecule has 0 amide bonds. The highest BCUT2D eigenvalue weighted by Crippen LogP contribution is 2.16. The van der Waals surface area contributed by atoms with Crippen molar-refractivity contribution < 1.29 is 0 Å². The summed E-state index contributed by atoms with van der Waals surface area (Å²) < 4.78 is 1.88. The molecule has 0 unspecified atom stereocenters. The van der Waals surface area contributed by atoms with Crippen molar-refractivity contribution in [3.8, 4) is 5.82 Å². The van der Waals surface area contributed by atoms with Crippen molar-refractivity contribution in [2.75, 3.05) is 11.6 Å². The molecule has 0 saturated carbocycles. The van der Waals surface area contributed by atoms with Gasteiger partial charge in [0, 0.05) is 23.8 Å². The van der Waals surface area contributed by atoms with Gasteiger partial charge in [-0.2, -0.15) is 0 Å². The van der Waals surface area contributed by atoms with Gasteiger partial charge in [0.05, 0.1) is 11.9 Å². The van der Waals surface area contributed by atoms with Crippen LogP contribution in [0.1, 0.15) is 5.56 Å². The maximum absolute atomic E-state index is 4.42. The summed E-state index contributed by atoms with van der Waals surface area (Å²) in [7, 11) is 0. The molecule has 0 radical (unpaired) electrons. The summed E-state index contributed by atoms with van der Waals surface area (Å²) in [5.41, 5.74) is 2.26. The molecule has 0 aliphatic heterocycles. The number of pyridine rings is 1. The Kier molecular flexibility index (Phi) is 4.21. The summed E-state index contributed by atoms with van der Waals surface area (Å²) in [6.45, 7) is 0.792. The average Bonchev–Trinajstić information content (AvgIpc) is 3.08. The van der Waals surface area contributed by atoms with Crippen molar-refractivity contribution in [3.05, 3.63) is 66.9 Å². The van der Waals surface area contributed by atoms with Gasteiger partial charge in [-0.1, -0.05) is 12.1 Å². The zero-order valence-electron chi connectivity index (χ0n) is 11.7. The quantitative estimate of drug-likeness (QED) is 0.731. The first-order valence-corrected chi connectivity index (χ1v) is 7.89. The van der Waals surface area contributed by atoms with Crippen LogP contribution in [0.5, 0.6) is 0 Å². The molecule has 0 aliphatic rings. The molecule has 1 aromatic carbocycles. The van der Waals surface area contributed by atoms with E-state index in [1.54, 1.807) is 24.3 Å². The fourth-order valence-electron chi connectivity index (χ4n) is 1.99. The van der Waals surface area contributed by atoms with Gasteiger partial charge in [0.25, 0.3) is 0 Å². The molecule has 1 N–H and O–H groups in total. The van der Waals surface area contributed by atoms with Crippen LogP contribution in [0.2, 0.25) is 0 Å². The molecule has 3 rings (SSSR count). The van der Waals surface area contributed by atoms with E-state index >= 15 is 0 Å². The maximum atomic E-state index is 4.42. The summed E-state index contributed by atoms with van der Waals surface area (Å²) >= 11 is 1.75. The van der Waals surface area contributed by atoms with Gasteiger partial charge in [0.1, 0.15) is 12.1 Å². The normalized spacial score (nSPS) is 10.5. The number of aromatic nitrogens is 3. The van der Waals surface area contributed by atoms with E-state index in [0.29, 0.717) is 0 Å². The lowest BCUT2D eigenvalue weighted by molar-refractivity contribution is 0.990. The number of hydrogen-bond acceptors (Lipinski definition) is 4. The minimum atomic E-state index is 0.792. The molecule has 0 aliphatic carbocycles. The summed E-state index contributed by atoms with van der Waals surface area (Å²) in [4.78, 5) is 9.72. The van der Waals surface area contributed by atoms with Crippen LogP contribution in [0.15, 0.2) is 66.2 Å². The highest BCUT2D eigenvalue weighted by molar-refractivity contribution is 7.98. The monoisotopic (exact) mass is 296 g/mol. The number of hydrogen-bond donors (Lipinski definition) is 1. The van der Waals surface area contributed by atoms with Crippen molar-refractivity contribution in [3.63, 3.8) is 0 Å². The van der Waals surface area contributed by atoms with Gasteiger partial charge in [-0.25, -0.2) is 9.97 Å². The Morgan fingerprint density at radius 1 is 1.14 bits per heavy atom. The van der Waals surface area contributed by atoms with Crippen molar-refractivity contribution in [1.29, 1.82) is 0 Å². The van der Waals surface area contributed by atoms with Gasteiger partial charge >= 0.3 is 0 Å². The van der Waals surface area contributed by atoms with E-state index in [-0.39, 0.29) is 0 Å². The second kappa shape index (κ2) is 6.45. The topological polar surface area (TPSA) is 42.7 Å². The van der Waals surface area contributed by atoms with Crippen LogP contribution >= 0.6 is 11.8 Å². The van der Waals surface area contributed by atoms with Crippen molar-refractivity contribution in [2.24, 2.45) is 0 Å². The molecule has 2 heterocycles. The second-order valence-corrected chi connectivity index (χ2v) is 5.46. The highest BCUT2D eigenvalue weighted by Gasteiger charge is 1.99. The first-order chi connectivity index (χ1) is 10.3. The Bertz CT molecular complexity index is 675. The summed E-state index contributed by atoms with van der Waals surface area (Å²) in [5.74, 6) is 0.863. The molecule has 2 aromatic heterocycles. The molecule has 0 bridgehead atoms. The molecule has 5 heteroatoms. The SMILES string of the molecule is CSc1ccc(CNc2ccc(-n3ccnc3)nc2)cc1. The fourth-order valence-corrected chi connectivity index (χ4v) is 2.39. The van der Waals surface area contributed by atoms with E-state index in [9.17, 15) is 0 Å². The number of imidazole rings is 1. The fraction of sp³-hybridized carbons (Fsp3) is 0.125. The third-order valence-electron chi connectivity index (χ3n) is 3.17. The third-order valence-corrected chi connectivity index (χ3v) is 3.92. The molecular weight excluding hydrogens is 280 g/mol. The van der Waals surface area contributed by atoms with Crippen LogP contribution in [0.4, 0.5) is 5.69 Å². The van der Waals surface area contributed by atoms with Gasteiger partial charge in [0.2, 0.25) is 0 Å². The minimum absolute atomic E-state index is 0.792. The molecule has 106 valence electrons. The van der Waals surface area contributed by atoms with Crippen LogP contribution in [0.3, 0.4) is 0 Å². The third kappa shape index (κ3) is 3.44. The molecule has 21 heavy (non-hydrogen) atoms. The Morgan fingerprint density at radius 2 is 2.00 bits per heavy atom. The molecule has 0 saturated heterocycles. The van der Waals surface area contributed by atoms with Crippen LogP contribution in [0.25, 0.3) is 5.82 Å². The van der Waals surface area contributed by atoms with Crippen molar-refractivity contribution >= 4 is 17.4 Å². The van der Waals surface area contributed by atoms with Crippen LogP contribution in [-0.2, 0) is 6.54 Å². The molecule has 0 fully saturated rings. The van der Waals surface area contributed by atoms with E-state index in [1.807, 2.05) is 29.1 Å². The molecular formula is C16H16N4S. The van der Waals surface area contributed by atoms with Gasteiger partial charge in [-0.05, 0) is 36.1 Å². The molecule has 0 spiro atoms. The van der Waals surface area contributed by atoms with Crippen LogP contribution in [-0.4, -0.2) is 20.8 Å². The number of benzene rings is 1. The first-order valence-electron chi connectivity index (χ1n) is 6.66. The average molecular weight is 296 g/mol. The summed E-state index contributed by atoms with van der Waals surface area (Å²) in [6, 6.07) is 12.6. The predicted molar refractivity (Wildman–Crippen MR) is 86.9 cm³/mol. The zero-order chi connectivity index (χ0) is 14.5. The van der Waals surface area contributed by atoms with E-state index in [1.165, 1.54) is 10.5 Å². The van der Waals surface area contributed by atoms with E-state index < -0.39 is 0 Å². The van der Waals surface area contributed by atoms with Gasteiger partial charge in [-0.15, -0.1) is 11.8 Å². The van der Waals surface area contributed by atoms with E-state index in [2.05, 4.69) is 45.8 Å². The number of nitrogens with one attached hydrogen (secondary N) is 1. The smallest absolute Gasteiger partial charge is 0.137 e. The number of thioether (sulfide) groups is 1. The zero-order valence-corrected chi connectivity index (χ0v) is 12.5. The standard InChI is InChI=1S/C16H16N4S/c1-21-15-5-2-13(3-6-15)10-18-14-4-7-16(19-11-14)20-9-8-17-12-20/h2-9,11-12,18H,10H2,1H3. The van der Waals surface area contributed by atoms with Crippen LogP contribution < -0.4 is 5.32 Å². The minimum Gasteiger partial charge on any atom is -0.380 e. The Hall–Kier alpha value is -2.27. The van der Waals surface area contributed by atoms with Gasteiger partial charge in [-0.3, -0.25) is 4.57 Å². The predicted octanol–water partition coefficient (Wildman–Crippen LogP) is 3.60. The lowest BCUT2D eigenvalue weighted by Gasteiger charge is -2.08. The Morgan fingerprint density at radius 3 is 2.62 bits per heavy atom. The number of nitrogens with zero attached hydrogens (tertiary/aromatic N) is 3. The van der Waals surface area contributed by atoms with Gasteiger partial charge in [0.15, 0.2) is 0 Å². The van der Waals surface area contributed by atoms with Gasteiger partial charge < -0.3 is 5.32 Å². The lowest BCUT2D eigenvalue weighted by atomic mass is 10.2. The summed E-state index contributed by atoms with van der Waals surface area (Å²) in [6.07, 6.45) is 9.28. The molecule has 4 nitrogen and oxygen atoms in total. The largest absolute Gasteiger partial charge is 0.380 e. The highest BCUT2D eigenvalue weighted by atomic mass is 32.2. The lowest BCUT2D eigenvalue weighted by Crippen LogP contribution is -2.01. The van der Waals surface area contributed by atoms with E-state index in [0.717, 1.165) is 18.1 Å². The van der Waals surface area contributed by atoms with Crippen molar-refractivity contribution in [2.45, 2.75) is 11.4 Å². The molecule has 0 atom stereocenters. The maximum Gasteiger partial charge on any atom is 0.137 e. The number of anilines is 1. The Balaban J connectivity index is 1.62. The van der Waals surface area contributed by atoms with Crippen LogP contribution in [0, 0.1) is 0 Å². The molecule has 3 aromatic rings. The van der Waals surface area contributed by atoms with Crippen molar-refractivity contribution in [1.82, 2.24) is 14.5 Å². The Labute approximate surface area is 128 Å². The number of rotatable bonds is 5.